The quantitative estimate of drug-likeness (QED) is 0.697. The first-order valence-corrected chi connectivity index (χ1v) is 9.85. The van der Waals surface area contributed by atoms with Crippen LogP contribution in [0.15, 0.2) is 35.0 Å². The summed E-state index contributed by atoms with van der Waals surface area (Å²) in [5, 5.41) is 4.77. The van der Waals surface area contributed by atoms with E-state index in [0.29, 0.717) is 11.6 Å². The Morgan fingerprint density at radius 3 is 2.63 bits per heavy atom. The molecule has 6 nitrogen and oxygen atoms in total. The minimum Gasteiger partial charge on any atom is -0.327 e. The van der Waals surface area contributed by atoms with E-state index in [1.54, 1.807) is 10.7 Å². The fourth-order valence-corrected chi connectivity index (χ4v) is 3.68. The third-order valence-corrected chi connectivity index (χ3v) is 5.90. The summed E-state index contributed by atoms with van der Waals surface area (Å²) < 4.78 is 41.5. The van der Waals surface area contributed by atoms with Crippen LogP contribution in [0.25, 0.3) is 0 Å². The Labute approximate surface area is 170 Å². The van der Waals surface area contributed by atoms with Crippen LogP contribution >= 0.6 is 24.0 Å². The molecule has 27 heavy (non-hydrogen) atoms. The summed E-state index contributed by atoms with van der Waals surface area (Å²) in [4.78, 5) is 0.0943. The average molecular weight is 437 g/mol. The Hall–Kier alpha value is -1.45. The molecule has 0 spiro atoms. The van der Waals surface area contributed by atoms with Crippen molar-refractivity contribution in [1.82, 2.24) is 14.5 Å². The smallest absolute Gasteiger partial charge is 0.240 e. The first kappa shape index (κ1) is 23.6. The Bertz CT molecular complexity index is 943. The van der Waals surface area contributed by atoms with Crippen LogP contribution in [0.2, 0.25) is 5.02 Å². The lowest BCUT2D eigenvalue weighted by Gasteiger charge is -2.09. The van der Waals surface area contributed by atoms with Gasteiger partial charge in [0, 0.05) is 29.2 Å². The van der Waals surface area contributed by atoms with Crippen molar-refractivity contribution in [3.8, 4) is 0 Å². The summed E-state index contributed by atoms with van der Waals surface area (Å²) in [5.74, 6) is -0.294. The van der Waals surface area contributed by atoms with E-state index in [9.17, 15) is 12.8 Å². The van der Waals surface area contributed by atoms with Crippen molar-refractivity contribution in [2.75, 3.05) is 13.6 Å². The highest BCUT2D eigenvalue weighted by atomic mass is 35.5. The molecular weight excluding hydrogens is 414 g/mol. The first-order valence-electron chi connectivity index (χ1n) is 7.99. The van der Waals surface area contributed by atoms with Gasteiger partial charge in [-0.05, 0) is 44.7 Å². The second kappa shape index (κ2) is 9.66. The summed E-state index contributed by atoms with van der Waals surface area (Å²) in [6.45, 7) is 4.18. The molecule has 0 amide bonds. The van der Waals surface area contributed by atoms with E-state index in [1.807, 2.05) is 13.8 Å². The zero-order valence-electron chi connectivity index (χ0n) is 15.3. The van der Waals surface area contributed by atoms with Gasteiger partial charge < -0.3 is 5.73 Å². The van der Waals surface area contributed by atoms with Gasteiger partial charge in [0.2, 0.25) is 10.0 Å². The molecule has 0 aliphatic carbocycles. The highest BCUT2D eigenvalue weighted by Gasteiger charge is 2.16. The molecule has 2 aromatic rings. The van der Waals surface area contributed by atoms with Gasteiger partial charge in [-0.3, -0.25) is 4.68 Å². The molecule has 0 saturated carbocycles. The lowest BCUT2D eigenvalue weighted by molar-refractivity contribution is 0.588. The van der Waals surface area contributed by atoms with Gasteiger partial charge in [-0.15, -0.1) is 12.4 Å². The van der Waals surface area contributed by atoms with Crippen molar-refractivity contribution in [2.24, 2.45) is 5.73 Å². The molecule has 1 aromatic heterocycles. The van der Waals surface area contributed by atoms with E-state index in [4.69, 9.17) is 17.3 Å². The largest absolute Gasteiger partial charge is 0.327 e. The van der Waals surface area contributed by atoms with Gasteiger partial charge in [-0.2, -0.15) is 5.10 Å². The SMILES string of the molecule is CNS(=O)(=O)c1ccc(Cn2nc(C)c(CC(F)=CCN)c2C)c(Cl)c1.Cl. The molecule has 0 radical (unpaired) electrons. The number of hydrogen-bond acceptors (Lipinski definition) is 4. The first-order chi connectivity index (χ1) is 12.2. The van der Waals surface area contributed by atoms with Gasteiger partial charge in [-0.1, -0.05) is 17.7 Å². The Morgan fingerprint density at radius 2 is 2.07 bits per heavy atom. The normalized spacial score (nSPS) is 12.1. The number of nitrogens with two attached hydrogens (primary N) is 1. The third-order valence-electron chi connectivity index (χ3n) is 4.14. The molecule has 0 bridgehead atoms. The number of hydrogen-bond donors (Lipinski definition) is 2. The second-order valence-corrected chi connectivity index (χ2v) is 8.12. The number of rotatable bonds is 7. The van der Waals surface area contributed by atoms with E-state index in [2.05, 4.69) is 9.82 Å². The van der Waals surface area contributed by atoms with Crippen LogP contribution in [0, 0.1) is 13.8 Å². The number of halogens is 3. The number of benzene rings is 1. The predicted octanol–water partition coefficient (Wildman–Crippen LogP) is 2.89. The monoisotopic (exact) mass is 436 g/mol. The van der Waals surface area contributed by atoms with Crippen molar-refractivity contribution >= 4 is 34.0 Å². The number of sulfonamides is 1. The molecule has 0 fully saturated rings. The van der Waals surface area contributed by atoms with Crippen molar-refractivity contribution in [3.05, 3.63) is 57.6 Å². The van der Waals surface area contributed by atoms with E-state index in [1.165, 1.54) is 25.3 Å². The molecule has 0 aliphatic heterocycles. The Kier molecular flexibility index (Phi) is 8.44. The summed E-state index contributed by atoms with van der Waals surface area (Å²) >= 11 is 6.25. The van der Waals surface area contributed by atoms with Crippen LogP contribution in [0.5, 0.6) is 0 Å². The van der Waals surface area contributed by atoms with Crippen molar-refractivity contribution in [1.29, 1.82) is 0 Å². The van der Waals surface area contributed by atoms with Crippen LogP contribution in [0.4, 0.5) is 4.39 Å². The highest BCUT2D eigenvalue weighted by Crippen LogP contribution is 2.24. The maximum atomic E-state index is 13.8. The lowest BCUT2D eigenvalue weighted by Crippen LogP contribution is -2.18. The van der Waals surface area contributed by atoms with Crippen molar-refractivity contribution in [3.63, 3.8) is 0 Å². The molecule has 3 N–H and O–H groups in total. The molecule has 150 valence electrons. The number of nitrogens with one attached hydrogen (secondary N) is 1. The van der Waals surface area contributed by atoms with Crippen LogP contribution in [-0.4, -0.2) is 31.8 Å². The Morgan fingerprint density at radius 1 is 1.41 bits per heavy atom. The van der Waals surface area contributed by atoms with Crippen LogP contribution < -0.4 is 10.5 Å². The van der Waals surface area contributed by atoms with Gasteiger partial charge in [0.15, 0.2) is 0 Å². The maximum Gasteiger partial charge on any atom is 0.240 e. The van der Waals surface area contributed by atoms with Crippen LogP contribution in [0.3, 0.4) is 0 Å². The minimum absolute atomic E-state index is 0. The number of nitrogens with zero attached hydrogens (tertiary/aromatic N) is 2. The average Bonchev–Trinajstić information content (AvgIpc) is 2.84. The molecule has 2 rings (SSSR count). The molecule has 0 atom stereocenters. The summed E-state index contributed by atoms with van der Waals surface area (Å²) in [6, 6.07) is 4.54. The number of allylic oxidation sites excluding steroid dienone is 1. The molecular formula is C17H23Cl2FN4O2S. The number of aromatic nitrogens is 2. The molecule has 10 heteroatoms. The standard InChI is InChI=1S/C17H22ClFN4O2S.ClH/c1-11-16(8-14(19)6-7-20)12(2)23(22-11)10-13-4-5-15(9-17(13)18)26(24,25)21-3;/h4-6,9,21H,7-8,10,20H2,1-3H3;1H. The molecule has 0 aliphatic rings. The topological polar surface area (TPSA) is 90.0 Å². The lowest BCUT2D eigenvalue weighted by atomic mass is 10.1. The minimum atomic E-state index is -3.56. The van der Waals surface area contributed by atoms with E-state index in [0.717, 1.165) is 22.5 Å². The van der Waals surface area contributed by atoms with Gasteiger partial charge >= 0.3 is 0 Å². The zero-order valence-corrected chi connectivity index (χ0v) is 17.7. The van der Waals surface area contributed by atoms with E-state index in [-0.39, 0.29) is 36.1 Å². The summed E-state index contributed by atoms with van der Waals surface area (Å²) in [5.41, 5.74) is 8.41. The van der Waals surface area contributed by atoms with Gasteiger partial charge in [-0.25, -0.2) is 17.5 Å². The number of aryl methyl sites for hydroxylation is 1. The van der Waals surface area contributed by atoms with Crippen molar-refractivity contribution < 1.29 is 12.8 Å². The third kappa shape index (κ3) is 5.52. The molecule has 1 heterocycles. The van der Waals surface area contributed by atoms with Gasteiger partial charge in [0.05, 0.1) is 17.1 Å². The highest BCUT2D eigenvalue weighted by molar-refractivity contribution is 7.89. The fraction of sp³-hybridized carbons (Fsp3) is 0.353. The molecule has 0 saturated heterocycles. The Balaban J connectivity index is 0.00000364. The van der Waals surface area contributed by atoms with Gasteiger partial charge in [0.25, 0.3) is 0 Å². The molecule has 1 aromatic carbocycles. The predicted molar refractivity (Wildman–Crippen MR) is 108 cm³/mol. The zero-order chi connectivity index (χ0) is 19.5. The van der Waals surface area contributed by atoms with E-state index >= 15 is 0 Å². The summed E-state index contributed by atoms with van der Waals surface area (Å²) in [6.07, 6.45) is 1.48. The van der Waals surface area contributed by atoms with Crippen molar-refractivity contribution in [2.45, 2.75) is 31.7 Å². The van der Waals surface area contributed by atoms with Gasteiger partial charge in [0.1, 0.15) is 5.83 Å². The molecule has 0 unspecified atom stereocenters. The summed E-state index contributed by atoms with van der Waals surface area (Å²) in [7, 11) is -2.21. The van der Waals surface area contributed by atoms with Crippen LogP contribution in [0.1, 0.15) is 22.5 Å². The van der Waals surface area contributed by atoms with Crippen LogP contribution in [-0.2, 0) is 23.0 Å². The maximum absolute atomic E-state index is 13.8. The van der Waals surface area contributed by atoms with E-state index < -0.39 is 10.0 Å². The second-order valence-electron chi connectivity index (χ2n) is 5.83. The fourth-order valence-electron chi connectivity index (χ4n) is 2.62.